The average Bonchev–Trinajstić information content (AvgIpc) is 2.86. The molecule has 0 radical (unpaired) electrons. The predicted molar refractivity (Wildman–Crippen MR) is 129 cm³/mol. The smallest absolute Gasteiger partial charge is 0.315 e. The number of hydrogen-bond acceptors (Lipinski definition) is 4. The summed E-state index contributed by atoms with van der Waals surface area (Å²) in [6.45, 7) is 0. The lowest BCUT2D eigenvalue weighted by Gasteiger charge is -2.49. The van der Waals surface area contributed by atoms with Gasteiger partial charge in [-0.05, 0) is 35.4 Å². The zero-order chi connectivity index (χ0) is 23.3. The van der Waals surface area contributed by atoms with Crippen LogP contribution in [0.25, 0.3) is 0 Å². The molecule has 1 aliphatic carbocycles. The Labute approximate surface area is 198 Å². The molecule has 4 nitrogen and oxygen atoms in total. The fourth-order valence-corrected chi connectivity index (χ4v) is 4.86. The van der Waals surface area contributed by atoms with Gasteiger partial charge in [-0.1, -0.05) is 97.1 Å². The van der Waals surface area contributed by atoms with E-state index >= 15 is 0 Å². The van der Waals surface area contributed by atoms with Gasteiger partial charge >= 0.3 is 11.9 Å². The third-order valence-corrected chi connectivity index (χ3v) is 6.38. The van der Waals surface area contributed by atoms with Crippen LogP contribution >= 0.6 is 0 Å². The van der Waals surface area contributed by atoms with Crippen LogP contribution in [0.1, 0.15) is 23.0 Å². The van der Waals surface area contributed by atoms with E-state index in [1.54, 1.807) is 24.3 Å². The molecule has 0 saturated heterocycles. The summed E-state index contributed by atoms with van der Waals surface area (Å²) in [5, 5.41) is 0. The predicted octanol–water partition coefficient (Wildman–Crippen LogP) is 6.01. The molecule has 4 aromatic rings. The fourth-order valence-electron chi connectivity index (χ4n) is 4.86. The van der Waals surface area contributed by atoms with Crippen molar-refractivity contribution >= 4 is 11.9 Å². The summed E-state index contributed by atoms with van der Waals surface area (Å²) in [4.78, 5) is 27.0. The highest BCUT2D eigenvalue weighted by atomic mass is 16.5. The first-order chi connectivity index (χ1) is 16.7. The van der Waals surface area contributed by atoms with Crippen LogP contribution in [0.5, 0.6) is 11.5 Å². The van der Waals surface area contributed by atoms with Gasteiger partial charge in [0, 0.05) is 11.8 Å². The molecule has 1 saturated carbocycles. The first kappa shape index (κ1) is 21.7. The highest BCUT2D eigenvalue weighted by Gasteiger charge is 2.59. The van der Waals surface area contributed by atoms with Gasteiger partial charge in [0.25, 0.3) is 0 Å². The van der Waals surface area contributed by atoms with E-state index in [-0.39, 0.29) is 11.8 Å². The number of esters is 2. The van der Waals surface area contributed by atoms with E-state index in [1.807, 2.05) is 97.1 Å². The summed E-state index contributed by atoms with van der Waals surface area (Å²) in [6.07, 6.45) is 0. The van der Waals surface area contributed by atoms with Gasteiger partial charge in [0.05, 0.1) is 11.8 Å². The van der Waals surface area contributed by atoms with E-state index in [2.05, 4.69) is 0 Å². The van der Waals surface area contributed by atoms with Gasteiger partial charge in [-0.25, -0.2) is 0 Å². The normalized spacial score (nSPS) is 21.2. The maximum atomic E-state index is 13.5. The molecule has 4 aromatic carbocycles. The molecule has 0 spiro atoms. The lowest BCUT2D eigenvalue weighted by atomic mass is 9.52. The van der Waals surface area contributed by atoms with Gasteiger partial charge < -0.3 is 9.47 Å². The summed E-state index contributed by atoms with van der Waals surface area (Å²) in [5.74, 6) is -1.73. The highest BCUT2D eigenvalue weighted by Crippen LogP contribution is 2.58. The zero-order valence-electron chi connectivity index (χ0n) is 18.5. The number of benzene rings is 4. The number of ether oxygens (including phenoxy) is 2. The first-order valence-corrected chi connectivity index (χ1v) is 11.4. The van der Waals surface area contributed by atoms with E-state index < -0.39 is 23.8 Å². The van der Waals surface area contributed by atoms with Crippen LogP contribution < -0.4 is 9.47 Å². The van der Waals surface area contributed by atoms with Gasteiger partial charge in [0.1, 0.15) is 11.5 Å². The second-order valence-corrected chi connectivity index (χ2v) is 8.39. The Hall–Kier alpha value is -4.18. The van der Waals surface area contributed by atoms with Gasteiger partial charge in [0.15, 0.2) is 0 Å². The minimum atomic E-state index is -0.677. The minimum absolute atomic E-state index is 0.215. The third kappa shape index (κ3) is 4.35. The number of carbonyl (C=O) groups excluding carboxylic acids is 2. The number of para-hydroxylation sites is 2. The molecule has 1 aliphatic rings. The number of hydrogen-bond donors (Lipinski definition) is 0. The van der Waals surface area contributed by atoms with Crippen LogP contribution in [0.3, 0.4) is 0 Å². The van der Waals surface area contributed by atoms with Crippen molar-refractivity contribution in [2.45, 2.75) is 11.8 Å². The van der Waals surface area contributed by atoms with Crippen molar-refractivity contribution in [1.82, 2.24) is 0 Å². The Bertz CT molecular complexity index is 1140. The molecular formula is C30H24O4. The van der Waals surface area contributed by atoms with Crippen LogP contribution in [-0.4, -0.2) is 11.9 Å². The van der Waals surface area contributed by atoms with Crippen LogP contribution in [0.4, 0.5) is 0 Å². The second kappa shape index (κ2) is 9.75. The van der Waals surface area contributed by atoms with Gasteiger partial charge in [-0.2, -0.15) is 0 Å². The molecule has 0 N–H and O–H groups in total. The molecule has 5 rings (SSSR count). The fraction of sp³-hybridized carbons (Fsp3) is 0.133. The van der Waals surface area contributed by atoms with E-state index in [4.69, 9.17) is 9.47 Å². The van der Waals surface area contributed by atoms with Gasteiger partial charge in [-0.15, -0.1) is 0 Å². The van der Waals surface area contributed by atoms with E-state index in [0.717, 1.165) is 11.1 Å². The largest absolute Gasteiger partial charge is 0.426 e. The molecule has 0 heterocycles. The summed E-state index contributed by atoms with van der Waals surface area (Å²) >= 11 is 0. The van der Waals surface area contributed by atoms with Crippen molar-refractivity contribution in [2.24, 2.45) is 11.8 Å². The Balaban J connectivity index is 1.53. The third-order valence-electron chi connectivity index (χ3n) is 6.38. The van der Waals surface area contributed by atoms with Crippen molar-refractivity contribution in [1.29, 1.82) is 0 Å². The topological polar surface area (TPSA) is 52.6 Å². The van der Waals surface area contributed by atoms with Crippen molar-refractivity contribution in [3.63, 3.8) is 0 Å². The summed E-state index contributed by atoms with van der Waals surface area (Å²) in [6, 6.07) is 37.6. The molecule has 1 fully saturated rings. The zero-order valence-corrected chi connectivity index (χ0v) is 18.5. The van der Waals surface area contributed by atoms with Crippen LogP contribution in [0, 0.1) is 11.8 Å². The van der Waals surface area contributed by atoms with Crippen molar-refractivity contribution in [3.8, 4) is 11.5 Å². The van der Waals surface area contributed by atoms with Crippen molar-refractivity contribution in [2.75, 3.05) is 0 Å². The Morgan fingerprint density at radius 3 is 1.06 bits per heavy atom. The molecule has 4 atom stereocenters. The second-order valence-electron chi connectivity index (χ2n) is 8.39. The minimum Gasteiger partial charge on any atom is -0.426 e. The molecule has 168 valence electrons. The molecule has 0 aliphatic heterocycles. The van der Waals surface area contributed by atoms with Crippen molar-refractivity contribution < 1.29 is 19.1 Å². The van der Waals surface area contributed by atoms with Crippen molar-refractivity contribution in [3.05, 3.63) is 132 Å². The Kier molecular flexibility index (Phi) is 6.21. The number of carbonyl (C=O) groups is 2. The van der Waals surface area contributed by atoms with E-state index in [9.17, 15) is 9.59 Å². The first-order valence-electron chi connectivity index (χ1n) is 11.4. The molecule has 0 bridgehead atoms. The average molecular weight is 449 g/mol. The standard InChI is InChI=1S/C30H24O4/c31-29(33-23-17-9-3-10-18-23)27-25(21-13-5-1-6-14-21)26(22-15-7-2-8-16-22)28(27)30(32)34-24-19-11-4-12-20-24/h1-20,25-28H/t25-,26-,27+,28+/m0/s1. The maximum Gasteiger partial charge on any atom is 0.315 e. The number of rotatable bonds is 6. The van der Waals surface area contributed by atoms with E-state index in [1.165, 1.54) is 0 Å². The molecule has 0 unspecified atom stereocenters. The lowest BCUT2D eigenvalue weighted by Crippen LogP contribution is -2.53. The van der Waals surface area contributed by atoms with Crippen LogP contribution in [0.2, 0.25) is 0 Å². The van der Waals surface area contributed by atoms with E-state index in [0.29, 0.717) is 11.5 Å². The molecule has 0 amide bonds. The molecule has 4 heteroatoms. The summed E-state index contributed by atoms with van der Waals surface area (Å²) < 4.78 is 11.5. The van der Waals surface area contributed by atoms with Crippen LogP contribution in [-0.2, 0) is 9.59 Å². The van der Waals surface area contributed by atoms with Gasteiger partial charge in [0.2, 0.25) is 0 Å². The highest BCUT2D eigenvalue weighted by molar-refractivity contribution is 5.89. The quantitative estimate of drug-likeness (QED) is 0.268. The van der Waals surface area contributed by atoms with Gasteiger partial charge in [-0.3, -0.25) is 9.59 Å². The maximum absolute atomic E-state index is 13.5. The molecular weight excluding hydrogens is 424 g/mol. The SMILES string of the molecule is O=C(Oc1ccccc1)[C@H]1[C@H](C(=O)Oc2ccccc2)[C@@H](c2ccccc2)[C@@H]1c1ccccc1. The summed E-state index contributed by atoms with van der Waals surface area (Å²) in [7, 11) is 0. The summed E-state index contributed by atoms with van der Waals surface area (Å²) in [5.41, 5.74) is 1.99. The molecule has 34 heavy (non-hydrogen) atoms. The Morgan fingerprint density at radius 1 is 0.441 bits per heavy atom. The lowest BCUT2D eigenvalue weighted by molar-refractivity contribution is -0.161. The van der Waals surface area contributed by atoms with Crippen LogP contribution in [0.15, 0.2) is 121 Å². The molecule has 0 aromatic heterocycles. The monoisotopic (exact) mass is 448 g/mol. The Morgan fingerprint density at radius 2 is 0.735 bits per heavy atom.